The predicted octanol–water partition coefficient (Wildman–Crippen LogP) is 2.51. The van der Waals surface area contributed by atoms with Gasteiger partial charge in [0, 0.05) is 0 Å². The molecule has 1 aliphatic rings. The molecule has 0 saturated heterocycles. The summed E-state index contributed by atoms with van der Waals surface area (Å²) in [7, 11) is 0. The zero-order chi connectivity index (χ0) is 12.8. The summed E-state index contributed by atoms with van der Waals surface area (Å²) in [6, 6.07) is 3.58. The fourth-order valence-corrected chi connectivity index (χ4v) is 1.52. The van der Waals surface area contributed by atoms with Crippen LogP contribution in [0.3, 0.4) is 0 Å². The standard InChI is InChI=1S/C10H8F4N2O/c1-9(10(12,13)14)8(17)15-7-5(11)3-2-4-6(7)16-9/h2-4,16H,1H3,(H,15,17). The van der Waals surface area contributed by atoms with Crippen LogP contribution in [0.1, 0.15) is 6.92 Å². The molecule has 0 aliphatic carbocycles. The first-order chi connectivity index (χ1) is 7.75. The average molecular weight is 248 g/mol. The van der Waals surface area contributed by atoms with Crippen LogP contribution in [-0.2, 0) is 4.79 Å². The lowest BCUT2D eigenvalue weighted by atomic mass is 9.96. The summed E-state index contributed by atoms with van der Waals surface area (Å²) >= 11 is 0. The predicted molar refractivity (Wildman–Crippen MR) is 53.1 cm³/mol. The topological polar surface area (TPSA) is 41.1 Å². The van der Waals surface area contributed by atoms with E-state index < -0.39 is 23.4 Å². The number of rotatable bonds is 0. The first-order valence-electron chi connectivity index (χ1n) is 4.70. The summed E-state index contributed by atoms with van der Waals surface area (Å²) in [6.07, 6.45) is -4.78. The number of hydrogen-bond acceptors (Lipinski definition) is 2. The van der Waals surface area contributed by atoms with E-state index in [-0.39, 0.29) is 11.4 Å². The smallest absolute Gasteiger partial charge is 0.362 e. The number of nitrogens with one attached hydrogen (secondary N) is 2. The summed E-state index contributed by atoms with van der Waals surface area (Å²) in [5, 5.41) is 3.96. The van der Waals surface area contributed by atoms with Gasteiger partial charge in [0.2, 0.25) is 5.54 Å². The molecule has 2 rings (SSSR count). The minimum absolute atomic E-state index is 0.0931. The van der Waals surface area contributed by atoms with Crippen LogP contribution in [0.4, 0.5) is 28.9 Å². The third-order valence-corrected chi connectivity index (χ3v) is 2.66. The Morgan fingerprint density at radius 2 is 1.94 bits per heavy atom. The fraction of sp³-hybridized carbons (Fsp3) is 0.300. The Morgan fingerprint density at radius 1 is 1.29 bits per heavy atom. The maximum absolute atomic E-state index is 13.3. The molecule has 1 amide bonds. The molecule has 17 heavy (non-hydrogen) atoms. The van der Waals surface area contributed by atoms with Gasteiger partial charge in [-0.05, 0) is 19.1 Å². The van der Waals surface area contributed by atoms with Crippen LogP contribution in [0.25, 0.3) is 0 Å². The van der Waals surface area contributed by atoms with Crippen molar-refractivity contribution in [3.8, 4) is 0 Å². The molecule has 0 fully saturated rings. The molecular formula is C10H8F4N2O. The fourth-order valence-electron chi connectivity index (χ4n) is 1.52. The van der Waals surface area contributed by atoms with Gasteiger partial charge in [0.1, 0.15) is 11.5 Å². The van der Waals surface area contributed by atoms with Crippen molar-refractivity contribution < 1.29 is 22.4 Å². The zero-order valence-corrected chi connectivity index (χ0v) is 8.65. The number of alkyl halides is 3. The minimum atomic E-state index is -4.78. The molecule has 0 spiro atoms. The van der Waals surface area contributed by atoms with Gasteiger partial charge in [-0.1, -0.05) is 6.07 Å². The van der Waals surface area contributed by atoms with Crippen molar-refractivity contribution in [1.29, 1.82) is 0 Å². The van der Waals surface area contributed by atoms with Gasteiger partial charge < -0.3 is 10.6 Å². The second-order valence-electron chi connectivity index (χ2n) is 3.86. The monoisotopic (exact) mass is 248 g/mol. The molecule has 1 aliphatic heterocycles. The van der Waals surface area contributed by atoms with E-state index in [1.54, 1.807) is 0 Å². The minimum Gasteiger partial charge on any atom is -0.362 e. The molecule has 0 saturated carbocycles. The van der Waals surface area contributed by atoms with Gasteiger partial charge in [-0.15, -0.1) is 0 Å². The Kier molecular flexibility index (Phi) is 2.30. The Hall–Kier alpha value is -1.79. The molecule has 0 radical (unpaired) electrons. The summed E-state index contributed by atoms with van der Waals surface area (Å²) in [5.74, 6) is -2.12. The second-order valence-corrected chi connectivity index (χ2v) is 3.86. The number of amides is 1. The van der Waals surface area contributed by atoms with E-state index in [4.69, 9.17) is 0 Å². The van der Waals surface area contributed by atoms with Gasteiger partial charge in [-0.2, -0.15) is 13.2 Å². The Balaban J connectivity index is 2.51. The SMILES string of the molecule is CC1(C(F)(F)F)Nc2cccc(F)c2NC1=O. The summed E-state index contributed by atoms with van der Waals surface area (Å²) in [6.45, 7) is 0.705. The number of carbonyl (C=O) groups excluding carboxylic acids is 1. The van der Waals surface area contributed by atoms with Gasteiger partial charge in [0.15, 0.2) is 0 Å². The van der Waals surface area contributed by atoms with E-state index in [2.05, 4.69) is 0 Å². The number of para-hydroxylation sites is 1. The molecule has 0 aromatic heterocycles. The lowest BCUT2D eigenvalue weighted by molar-refractivity contribution is -0.179. The van der Waals surface area contributed by atoms with Crippen LogP contribution in [0.2, 0.25) is 0 Å². The first kappa shape index (κ1) is 11.7. The lowest BCUT2D eigenvalue weighted by Gasteiger charge is -2.36. The zero-order valence-electron chi connectivity index (χ0n) is 8.65. The van der Waals surface area contributed by atoms with E-state index in [1.165, 1.54) is 12.1 Å². The largest absolute Gasteiger partial charge is 0.420 e. The van der Waals surface area contributed by atoms with Crippen molar-refractivity contribution in [2.45, 2.75) is 18.6 Å². The van der Waals surface area contributed by atoms with Gasteiger partial charge in [0.05, 0.1) is 5.69 Å². The highest BCUT2D eigenvalue weighted by molar-refractivity contribution is 6.06. The first-order valence-corrected chi connectivity index (χ1v) is 4.70. The molecule has 1 heterocycles. The average Bonchev–Trinajstić information content (AvgIpc) is 2.20. The third-order valence-electron chi connectivity index (χ3n) is 2.66. The van der Waals surface area contributed by atoms with E-state index in [0.717, 1.165) is 6.07 Å². The highest BCUT2D eigenvalue weighted by Crippen LogP contribution is 2.40. The summed E-state index contributed by atoms with van der Waals surface area (Å²) in [5.41, 5.74) is -3.11. The number of halogens is 4. The normalized spacial score (nSPS) is 23.7. The van der Waals surface area contributed by atoms with E-state index in [9.17, 15) is 22.4 Å². The highest BCUT2D eigenvalue weighted by Gasteiger charge is 2.59. The summed E-state index contributed by atoms with van der Waals surface area (Å²) < 4.78 is 51.5. The van der Waals surface area contributed by atoms with Crippen molar-refractivity contribution in [3.63, 3.8) is 0 Å². The Morgan fingerprint density at radius 3 is 2.53 bits per heavy atom. The van der Waals surface area contributed by atoms with Gasteiger partial charge in [0.25, 0.3) is 5.91 Å². The van der Waals surface area contributed by atoms with E-state index in [1.807, 2.05) is 10.6 Å². The molecule has 1 unspecified atom stereocenters. The number of carbonyl (C=O) groups is 1. The second kappa shape index (κ2) is 3.35. The maximum Gasteiger partial charge on any atom is 0.420 e. The van der Waals surface area contributed by atoms with Crippen LogP contribution in [0, 0.1) is 5.82 Å². The third kappa shape index (κ3) is 1.62. The molecule has 3 nitrogen and oxygen atoms in total. The van der Waals surface area contributed by atoms with Gasteiger partial charge in [-0.3, -0.25) is 4.79 Å². The lowest BCUT2D eigenvalue weighted by Crippen LogP contribution is -2.60. The molecule has 7 heteroatoms. The molecule has 1 aromatic carbocycles. The van der Waals surface area contributed by atoms with Crippen LogP contribution in [0.5, 0.6) is 0 Å². The Labute approximate surface area is 93.8 Å². The molecule has 92 valence electrons. The van der Waals surface area contributed by atoms with Crippen LogP contribution >= 0.6 is 0 Å². The summed E-state index contributed by atoms with van der Waals surface area (Å²) in [4.78, 5) is 11.4. The maximum atomic E-state index is 13.3. The van der Waals surface area contributed by atoms with Crippen molar-refractivity contribution in [2.75, 3.05) is 10.6 Å². The molecule has 1 atom stereocenters. The van der Waals surface area contributed by atoms with Crippen LogP contribution in [-0.4, -0.2) is 17.6 Å². The van der Waals surface area contributed by atoms with Gasteiger partial charge in [-0.25, -0.2) is 4.39 Å². The van der Waals surface area contributed by atoms with Crippen molar-refractivity contribution in [2.24, 2.45) is 0 Å². The highest BCUT2D eigenvalue weighted by atomic mass is 19.4. The number of hydrogen-bond donors (Lipinski definition) is 2. The van der Waals surface area contributed by atoms with Crippen molar-refractivity contribution >= 4 is 17.3 Å². The molecule has 1 aromatic rings. The molecular weight excluding hydrogens is 240 g/mol. The van der Waals surface area contributed by atoms with Crippen LogP contribution in [0.15, 0.2) is 18.2 Å². The Bertz CT molecular complexity index is 486. The number of anilines is 2. The van der Waals surface area contributed by atoms with E-state index >= 15 is 0 Å². The van der Waals surface area contributed by atoms with Crippen molar-refractivity contribution in [1.82, 2.24) is 0 Å². The molecule has 0 bridgehead atoms. The van der Waals surface area contributed by atoms with E-state index in [0.29, 0.717) is 6.92 Å². The van der Waals surface area contributed by atoms with Gasteiger partial charge >= 0.3 is 6.18 Å². The quantitative estimate of drug-likeness (QED) is 0.692. The number of fused-ring (bicyclic) bond motifs is 1. The van der Waals surface area contributed by atoms with Crippen molar-refractivity contribution in [3.05, 3.63) is 24.0 Å². The number of benzene rings is 1. The van der Waals surface area contributed by atoms with Crippen LogP contribution < -0.4 is 10.6 Å². The molecule has 2 N–H and O–H groups in total.